The minimum atomic E-state index is 0.0571. The van der Waals surface area contributed by atoms with Gasteiger partial charge in [-0.2, -0.15) is 0 Å². The lowest BCUT2D eigenvalue weighted by atomic mass is 9.99. The summed E-state index contributed by atoms with van der Waals surface area (Å²) in [5.41, 5.74) is 6.96. The lowest BCUT2D eigenvalue weighted by Gasteiger charge is -2.36. The van der Waals surface area contributed by atoms with Crippen LogP contribution >= 0.6 is 11.3 Å². The second-order valence-corrected chi connectivity index (χ2v) is 6.92. The third-order valence-corrected chi connectivity index (χ3v) is 5.27. The molecule has 1 aliphatic rings. The van der Waals surface area contributed by atoms with Crippen LogP contribution in [-0.4, -0.2) is 41.5 Å². The van der Waals surface area contributed by atoms with Gasteiger partial charge in [-0.3, -0.25) is 4.79 Å². The number of hydrogen-bond acceptors (Lipinski definition) is 5. The van der Waals surface area contributed by atoms with Gasteiger partial charge in [-0.05, 0) is 44.0 Å². The average molecular weight is 331 g/mol. The highest BCUT2D eigenvalue weighted by Gasteiger charge is 2.28. The Morgan fingerprint density at radius 2 is 2.13 bits per heavy atom. The highest BCUT2D eigenvalue weighted by atomic mass is 32.1. The van der Waals surface area contributed by atoms with Crippen LogP contribution in [0.2, 0.25) is 0 Å². The molecule has 2 atom stereocenters. The highest BCUT2D eigenvalue weighted by molar-refractivity contribution is 7.16. The molecular weight excluding hydrogens is 310 g/mol. The van der Waals surface area contributed by atoms with E-state index in [-0.39, 0.29) is 18.0 Å². The van der Waals surface area contributed by atoms with Crippen LogP contribution in [0.15, 0.2) is 30.5 Å². The summed E-state index contributed by atoms with van der Waals surface area (Å²) in [6.07, 6.45) is 3.39. The van der Waals surface area contributed by atoms with Crippen LogP contribution < -0.4 is 10.5 Å². The van der Waals surface area contributed by atoms with Gasteiger partial charge in [0, 0.05) is 24.2 Å². The molecule has 0 unspecified atom stereocenters. The molecular formula is C17H21N3O2S. The SMILES string of the molecule is COc1ccc(-c2ncc(C(=O)N3CC[C@@H](N)C[C@H]3C)s2)cc1. The van der Waals surface area contributed by atoms with Crippen molar-refractivity contribution in [3.05, 3.63) is 35.3 Å². The third-order valence-electron chi connectivity index (χ3n) is 4.23. The fourth-order valence-electron chi connectivity index (χ4n) is 2.89. The van der Waals surface area contributed by atoms with Crippen molar-refractivity contribution in [2.24, 2.45) is 5.73 Å². The van der Waals surface area contributed by atoms with Crippen molar-refractivity contribution in [3.63, 3.8) is 0 Å². The second kappa shape index (κ2) is 6.68. The smallest absolute Gasteiger partial charge is 0.265 e. The maximum Gasteiger partial charge on any atom is 0.265 e. The highest BCUT2D eigenvalue weighted by Crippen LogP contribution is 2.28. The Labute approximate surface area is 140 Å². The van der Waals surface area contributed by atoms with Gasteiger partial charge < -0.3 is 15.4 Å². The summed E-state index contributed by atoms with van der Waals surface area (Å²) < 4.78 is 5.16. The topological polar surface area (TPSA) is 68.5 Å². The van der Waals surface area contributed by atoms with Gasteiger partial charge in [0.1, 0.15) is 15.6 Å². The molecule has 3 rings (SSSR count). The molecule has 2 aromatic rings. The van der Waals surface area contributed by atoms with E-state index in [1.807, 2.05) is 29.2 Å². The summed E-state index contributed by atoms with van der Waals surface area (Å²) >= 11 is 1.43. The zero-order valence-corrected chi connectivity index (χ0v) is 14.2. The van der Waals surface area contributed by atoms with Crippen LogP contribution in [0.25, 0.3) is 10.6 Å². The number of likely N-dealkylation sites (tertiary alicyclic amines) is 1. The quantitative estimate of drug-likeness (QED) is 0.939. The average Bonchev–Trinajstić information content (AvgIpc) is 3.04. The van der Waals surface area contributed by atoms with E-state index in [9.17, 15) is 4.79 Å². The molecule has 1 aromatic carbocycles. The Hall–Kier alpha value is -1.92. The molecule has 23 heavy (non-hydrogen) atoms. The van der Waals surface area contributed by atoms with E-state index in [1.165, 1.54) is 11.3 Å². The second-order valence-electron chi connectivity index (χ2n) is 5.89. The summed E-state index contributed by atoms with van der Waals surface area (Å²) in [5, 5.41) is 0.845. The first-order valence-corrected chi connectivity index (χ1v) is 8.57. The molecule has 1 saturated heterocycles. The van der Waals surface area contributed by atoms with Gasteiger partial charge in [0.15, 0.2) is 0 Å². The van der Waals surface area contributed by atoms with E-state index in [0.717, 1.165) is 35.7 Å². The molecule has 0 spiro atoms. The number of rotatable bonds is 3. The number of aromatic nitrogens is 1. The fourth-order valence-corrected chi connectivity index (χ4v) is 3.77. The largest absolute Gasteiger partial charge is 0.497 e. The normalized spacial score (nSPS) is 21.3. The molecule has 122 valence electrons. The fraction of sp³-hybridized carbons (Fsp3) is 0.412. The summed E-state index contributed by atoms with van der Waals surface area (Å²) in [4.78, 5) is 19.7. The lowest BCUT2D eigenvalue weighted by Crippen LogP contribution is -2.48. The van der Waals surface area contributed by atoms with Gasteiger partial charge in [-0.15, -0.1) is 11.3 Å². The first-order chi connectivity index (χ1) is 11.1. The number of nitrogens with two attached hydrogens (primary N) is 1. The molecule has 6 heteroatoms. The number of piperidine rings is 1. The van der Waals surface area contributed by atoms with Crippen molar-refractivity contribution in [3.8, 4) is 16.3 Å². The van der Waals surface area contributed by atoms with Gasteiger partial charge in [0.2, 0.25) is 0 Å². The number of benzene rings is 1. The van der Waals surface area contributed by atoms with E-state index in [1.54, 1.807) is 13.3 Å². The molecule has 1 fully saturated rings. The molecule has 1 aliphatic heterocycles. The van der Waals surface area contributed by atoms with E-state index in [0.29, 0.717) is 4.88 Å². The van der Waals surface area contributed by atoms with Crippen LogP contribution in [0.3, 0.4) is 0 Å². The monoisotopic (exact) mass is 331 g/mol. The Kier molecular flexibility index (Phi) is 4.63. The van der Waals surface area contributed by atoms with E-state index < -0.39 is 0 Å². The molecule has 2 heterocycles. The van der Waals surface area contributed by atoms with Crippen molar-refractivity contribution in [1.82, 2.24) is 9.88 Å². The predicted molar refractivity (Wildman–Crippen MR) is 91.8 cm³/mol. The molecule has 2 N–H and O–H groups in total. The molecule has 5 nitrogen and oxygen atoms in total. The Morgan fingerprint density at radius 3 is 2.78 bits per heavy atom. The zero-order valence-electron chi connectivity index (χ0n) is 13.4. The zero-order chi connectivity index (χ0) is 16.4. The summed E-state index contributed by atoms with van der Waals surface area (Å²) in [6, 6.07) is 8.07. The number of thiazole rings is 1. The summed E-state index contributed by atoms with van der Waals surface area (Å²) in [7, 11) is 1.64. The van der Waals surface area contributed by atoms with Crippen molar-refractivity contribution in [1.29, 1.82) is 0 Å². The van der Waals surface area contributed by atoms with Crippen LogP contribution in [0, 0.1) is 0 Å². The standard InChI is InChI=1S/C17H21N3O2S/c1-11-9-13(18)7-8-20(11)17(21)15-10-19-16(23-15)12-3-5-14(22-2)6-4-12/h3-6,10-11,13H,7-9,18H2,1-2H3/t11-,13-/m1/s1. The van der Waals surface area contributed by atoms with E-state index in [4.69, 9.17) is 10.5 Å². The summed E-state index contributed by atoms with van der Waals surface area (Å²) in [5.74, 6) is 0.863. The van der Waals surface area contributed by atoms with E-state index >= 15 is 0 Å². The molecule has 1 amide bonds. The Morgan fingerprint density at radius 1 is 1.39 bits per heavy atom. The van der Waals surface area contributed by atoms with Crippen LogP contribution in [0.4, 0.5) is 0 Å². The number of hydrogen-bond donors (Lipinski definition) is 1. The number of methoxy groups -OCH3 is 1. The van der Waals surface area contributed by atoms with Gasteiger partial charge >= 0.3 is 0 Å². The molecule has 0 radical (unpaired) electrons. The number of nitrogens with zero attached hydrogens (tertiary/aromatic N) is 2. The van der Waals surface area contributed by atoms with Gasteiger partial charge in [-0.25, -0.2) is 4.98 Å². The number of carbonyl (C=O) groups is 1. The van der Waals surface area contributed by atoms with E-state index in [2.05, 4.69) is 11.9 Å². The van der Waals surface area contributed by atoms with Crippen LogP contribution in [0.5, 0.6) is 5.75 Å². The Balaban J connectivity index is 1.76. The van der Waals surface area contributed by atoms with Gasteiger partial charge in [0.05, 0.1) is 13.3 Å². The van der Waals surface area contributed by atoms with Crippen molar-refractivity contribution in [2.45, 2.75) is 31.8 Å². The number of carbonyl (C=O) groups excluding carboxylic acids is 1. The van der Waals surface area contributed by atoms with Crippen molar-refractivity contribution < 1.29 is 9.53 Å². The van der Waals surface area contributed by atoms with Crippen LogP contribution in [0.1, 0.15) is 29.4 Å². The van der Waals surface area contributed by atoms with Gasteiger partial charge in [-0.1, -0.05) is 0 Å². The van der Waals surface area contributed by atoms with Crippen LogP contribution in [-0.2, 0) is 0 Å². The number of ether oxygens (including phenoxy) is 1. The maximum absolute atomic E-state index is 12.7. The summed E-state index contributed by atoms with van der Waals surface area (Å²) in [6.45, 7) is 2.78. The first kappa shape index (κ1) is 16.0. The van der Waals surface area contributed by atoms with Crippen molar-refractivity contribution in [2.75, 3.05) is 13.7 Å². The molecule has 0 bridgehead atoms. The molecule has 0 saturated carbocycles. The third kappa shape index (κ3) is 3.38. The first-order valence-electron chi connectivity index (χ1n) is 7.75. The van der Waals surface area contributed by atoms with Crippen molar-refractivity contribution >= 4 is 17.2 Å². The predicted octanol–water partition coefficient (Wildman–Crippen LogP) is 2.77. The molecule has 0 aliphatic carbocycles. The lowest BCUT2D eigenvalue weighted by molar-refractivity contribution is 0.0624. The minimum Gasteiger partial charge on any atom is -0.497 e. The van der Waals surface area contributed by atoms with Gasteiger partial charge in [0.25, 0.3) is 5.91 Å². The maximum atomic E-state index is 12.7. The molecule has 1 aromatic heterocycles. The minimum absolute atomic E-state index is 0.0571. The Bertz CT molecular complexity index is 683. The number of amides is 1.